The van der Waals surface area contributed by atoms with Crippen molar-refractivity contribution in [3.8, 4) is 0 Å². The van der Waals surface area contributed by atoms with E-state index in [-0.39, 0.29) is 12.5 Å². The molecule has 0 aliphatic rings. The summed E-state index contributed by atoms with van der Waals surface area (Å²) < 4.78 is 0. The van der Waals surface area contributed by atoms with Gasteiger partial charge in [0.15, 0.2) is 0 Å². The summed E-state index contributed by atoms with van der Waals surface area (Å²) in [4.78, 5) is 14.1. The Bertz CT molecular complexity index is 597. The maximum absolute atomic E-state index is 12.1. The average molecular weight is 284 g/mol. The third kappa shape index (κ3) is 4.07. The highest BCUT2D eigenvalue weighted by Crippen LogP contribution is 2.14. The molecule has 110 valence electrons. The molecule has 0 aromatic heterocycles. The summed E-state index contributed by atoms with van der Waals surface area (Å²) in [6.45, 7) is 0.190. The third-order valence-corrected chi connectivity index (χ3v) is 3.27. The zero-order valence-corrected chi connectivity index (χ0v) is 12.3. The highest BCUT2D eigenvalue weighted by molar-refractivity contribution is 5.95. The molecule has 0 aliphatic heterocycles. The highest BCUT2D eigenvalue weighted by Gasteiger charge is 2.11. The van der Waals surface area contributed by atoms with Crippen molar-refractivity contribution < 1.29 is 9.90 Å². The summed E-state index contributed by atoms with van der Waals surface area (Å²) in [6, 6.07) is 16.7. The first-order chi connectivity index (χ1) is 10.1. The Labute approximate surface area is 125 Å². The largest absolute Gasteiger partial charge is 0.387 e. The average Bonchev–Trinajstić information content (AvgIpc) is 2.53. The first kappa shape index (κ1) is 15.1. The Hall–Kier alpha value is -2.33. The van der Waals surface area contributed by atoms with Gasteiger partial charge in [0.05, 0.1) is 6.10 Å². The van der Waals surface area contributed by atoms with Gasteiger partial charge in [-0.25, -0.2) is 0 Å². The van der Waals surface area contributed by atoms with E-state index in [9.17, 15) is 9.90 Å². The summed E-state index contributed by atoms with van der Waals surface area (Å²) >= 11 is 0. The minimum Gasteiger partial charge on any atom is -0.387 e. The minimum atomic E-state index is -0.702. The summed E-state index contributed by atoms with van der Waals surface area (Å²) in [5.74, 6) is -0.186. The van der Waals surface area contributed by atoms with Crippen LogP contribution in [0, 0.1) is 0 Å². The smallest absolute Gasteiger partial charge is 0.251 e. The predicted octanol–water partition coefficient (Wildman–Crippen LogP) is 2.22. The van der Waals surface area contributed by atoms with Gasteiger partial charge in [-0.1, -0.05) is 36.4 Å². The van der Waals surface area contributed by atoms with E-state index in [2.05, 4.69) is 5.32 Å². The van der Waals surface area contributed by atoms with Crippen molar-refractivity contribution in [2.45, 2.75) is 6.10 Å². The lowest BCUT2D eigenvalue weighted by Gasteiger charge is -2.15. The zero-order valence-electron chi connectivity index (χ0n) is 12.3. The number of rotatable bonds is 5. The molecule has 2 rings (SSSR count). The number of carbonyl (C=O) groups is 1. The molecule has 1 unspecified atom stereocenters. The molecular weight excluding hydrogens is 264 g/mol. The van der Waals surface area contributed by atoms with Crippen LogP contribution in [0.2, 0.25) is 0 Å². The summed E-state index contributed by atoms with van der Waals surface area (Å²) in [7, 11) is 3.85. The van der Waals surface area contributed by atoms with Crippen LogP contribution in [-0.2, 0) is 0 Å². The van der Waals surface area contributed by atoms with E-state index >= 15 is 0 Å². The van der Waals surface area contributed by atoms with Crippen LogP contribution < -0.4 is 10.2 Å². The van der Waals surface area contributed by atoms with Gasteiger partial charge in [0.1, 0.15) is 0 Å². The van der Waals surface area contributed by atoms with Gasteiger partial charge in [-0.2, -0.15) is 0 Å². The molecule has 0 fully saturated rings. The number of hydrogen-bond acceptors (Lipinski definition) is 3. The number of nitrogens with one attached hydrogen (secondary N) is 1. The van der Waals surface area contributed by atoms with E-state index < -0.39 is 6.10 Å². The molecule has 21 heavy (non-hydrogen) atoms. The van der Waals surface area contributed by atoms with E-state index in [1.165, 1.54) is 0 Å². The Balaban J connectivity index is 1.97. The standard InChI is InChI=1S/C17H20N2O2/c1-19(2)15-10-6-9-14(11-15)17(21)18-12-16(20)13-7-4-3-5-8-13/h3-11,16,20H,12H2,1-2H3,(H,18,21). The van der Waals surface area contributed by atoms with Crippen LogP contribution in [0.15, 0.2) is 54.6 Å². The second kappa shape index (κ2) is 6.90. The summed E-state index contributed by atoms with van der Waals surface area (Å²) in [5.41, 5.74) is 2.34. The first-order valence-corrected chi connectivity index (χ1v) is 6.86. The fraction of sp³-hybridized carbons (Fsp3) is 0.235. The van der Waals surface area contributed by atoms with Crippen LogP contribution in [0.3, 0.4) is 0 Å². The van der Waals surface area contributed by atoms with Gasteiger partial charge in [0.2, 0.25) is 0 Å². The number of carbonyl (C=O) groups excluding carboxylic acids is 1. The van der Waals surface area contributed by atoms with Crippen LogP contribution >= 0.6 is 0 Å². The maximum atomic E-state index is 12.1. The molecule has 0 saturated heterocycles. The molecule has 0 heterocycles. The van der Waals surface area contributed by atoms with Gasteiger partial charge >= 0.3 is 0 Å². The van der Waals surface area contributed by atoms with Crippen LogP contribution in [0.5, 0.6) is 0 Å². The minimum absolute atomic E-state index is 0.186. The van der Waals surface area contributed by atoms with Crippen molar-refractivity contribution in [1.82, 2.24) is 5.32 Å². The number of anilines is 1. The van der Waals surface area contributed by atoms with Crippen molar-refractivity contribution >= 4 is 11.6 Å². The monoisotopic (exact) mass is 284 g/mol. The van der Waals surface area contributed by atoms with Crippen molar-refractivity contribution in [2.75, 3.05) is 25.5 Å². The third-order valence-electron chi connectivity index (χ3n) is 3.27. The Kier molecular flexibility index (Phi) is 4.95. The van der Waals surface area contributed by atoms with Crippen molar-refractivity contribution in [1.29, 1.82) is 0 Å². The number of hydrogen-bond donors (Lipinski definition) is 2. The van der Waals surface area contributed by atoms with E-state index in [4.69, 9.17) is 0 Å². The Morgan fingerprint density at radius 1 is 1.14 bits per heavy atom. The molecule has 2 aromatic carbocycles. The number of aliphatic hydroxyl groups is 1. The van der Waals surface area contributed by atoms with Gasteiger partial charge in [-0.15, -0.1) is 0 Å². The van der Waals surface area contributed by atoms with E-state index in [0.29, 0.717) is 5.56 Å². The molecule has 0 radical (unpaired) electrons. The van der Waals surface area contributed by atoms with Crippen LogP contribution in [0.4, 0.5) is 5.69 Å². The molecule has 1 atom stereocenters. The molecule has 4 nitrogen and oxygen atoms in total. The molecule has 0 saturated carbocycles. The molecule has 2 N–H and O–H groups in total. The van der Waals surface area contributed by atoms with Crippen LogP contribution in [0.25, 0.3) is 0 Å². The molecule has 2 aromatic rings. The van der Waals surface area contributed by atoms with Gasteiger partial charge in [0.25, 0.3) is 5.91 Å². The molecule has 1 amide bonds. The zero-order chi connectivity index (χ0) is 15.2. The van der Waals surface area contributed by atoms with Gasteiger partial charge in [-0.3, -0.25) is 4.79 Å². The van der Waals surface area contributed by atoms with Crippen LogP contribution in [-0.4, -0.2) is 31.7 Å². The van der Waals surface area contributed by atoms with Gasteiger partial charge in [0, 0.05) is 31.9 Å². The van der Waals surface area contributed by atoms with Gasteiger partial charge in [-0.05, 0) is 23.8 Å². The number of nitrogens with zero attached hydrogens (tertiary/aromatic N) is 1. The Morgan fingerprint density at radius 3 is 2.52 bits per heavy atom. The highest BCUT2D eigenvalue weighted by atomic mass is 16.3. The quantitative estimate of drug-likeness (QED) is 0.885. The maximum Gasteiger partial charge on any atom is 0.251 e. The lowest BCUT2D eigenvalue weighted by Crippen LogP contribution is -2.28. The normalized spacial score (nSPS) is 11.8. The number of amides is 1. The van der Waals surface area contributed by atoms with Crippen LogP contribution in [0.1, 0.15) is 22.0 Å². The van der Waals surface area contributed by atoms with Gasteiger partial charge < -0.3 is 15.3 Å². The predicted molar refractivity (Wildman–Crippen MR) is 84.5 cm³/mol. The molecule has 0 bridgehead atoms. The second-order valence-electron chi connectivity index (χ2n) is 5.08. The fourth-order valence-electron chi connectivity index (χ4n) is 2.01. The molecule has 0 spiro atoms. The number of aliphatic hydroxyl groups excluding tert-OH is 1. The lowest BCUT2D eigenvalue weighted by molar-refractivity contribution is 0.0916. The van der Waals surface area contributed by atoms with Crippen molar-refractivity contribution in [3.63, 3.8) is 0 Å². The topological polar surface area (TPSA) is 52.6 Å². The fourth-order valence-corrected chi connectivity index (χ4v) is 2.01. The summed E-state index contributed by atoms with van der Waals surface area (Å²) in [6.07, 6.45) is -0.702. The number of benzene rings is 2. The molecular formula is C17H20N2O2. The second-order valence-corrected chi connectivity index (χ2v) is 5.08. The first-order valence-electron chi connectivity index (χ1n) is 6.86. The van der Waals surface area contributed by atoms with Crippen molar-refractivity contribution in [3.05, 3.63) is 65.7 Å². The molecule has 0 aliphatic carbocycles. The Morgan fingerprint density at radius 2 is 1.86 bits per heavy atom. The lowest BCUT2D eigenvalue weighted by atomic mass is 10.1. The van der Waals surface area contributed by atoms with E-state index in [0.717, 1.165) is 11.3 Å². The van der Waals surface area contributed by atoms with E-state index in [1.807, 2.05) is 67.5 Å². The summed E-state index contributed by atoms with van der Waals surface area (Å²) in [5, 5.41) is 12.8. The van der Waals surface area contributed by atoms with E-state index in [1.54, 1.807) is 6.07 Å². The van der Waals surface area contributed by atoms with Crippen molar-refractivity contribution in [2.24, 2.45) is 0 Å². The molecule has 4 heteroatoms. The SMILES string of the molecule is CN(C)c1cccc(C(=O)NCC(O)c2ccccc2)c1.